The lowest BCUT2D eigenvalue weighted by Crippen LogP contribution is -2.30. The summed E-state index contributed by atoms with van der Waals surface area (Å²) in [4.78, 5) is 10.8. The van der Waals surface area contributed by atoms with Gasteiger partial charge in [0.15, 0.2) is 0 Å². The molecule has 1 atom stereocenters. The van der Waals surface area contributed by atoms with Crippen LogP contribution in [0.15, 0.2) is 59.7 Å². The van der Waals surface area contributed by atoms with Gasteiger partial charge in [0.25, 0.3) is 0 Å². The van der Waals surface area contributed by atoms with E-state index in [2.05, 4.69) is 9.98 Å². The summed E-state index contributed by atoms with van der Waals surface area (Å²) in [5.74, 6) is 0.308. The van der Waals surface area contributed by atoms with Crippen LogP contribution in [0.3, 0.4) is 0 Å². The molecular weight excluding hydrogens is 372 g/mol. The summed E-state index contributed by atoms with van der Waals surface area (Å²) < 4.78 is 54.3. The van der Waals surface area contributed by atoms with Crippen molar-refractivity contribution < 1.29 is 17.6 Å². The number of benzene rings is 2. The fraction of sp³-hybridized carbons (Fsp3) is 0.200. The number of anilines is 1. The van der Waals surface area contributed by atoms with E-state index in [0.29, 0.717) is 29.0 Å². The van der Waals surface area contributed by atoms with Crippen LogP contribution in [0.2, 0.25) is 0 Å². The second-order valence-electron chi connectivity index (χ2n) is 6.32. The molecular formula is C20H16F4N4. The number of hydrogen-bond donors (Lipinski definition) is 0. The number of aryl methyl sites for hydroxylation is 1. The van der Waals surface area contributed by atoms with Gasteiger partial charge in [0.05, 0.1) is 16.6 Å². The zero-order valence-corrected chi connectivity index (χ0v) is 14.9. The van der Waals surface area contributed by atoms with Crippen LogP contribution >= 0.6 is 0 Å². The zero-order chi connectivity index (χ0) is 19.9. The highest BCUT2D eigenvalue weighted by atomic mass is 19.4. The molecule has 0 amide bonds. The maximum absolute atomic E-state index is 13.9. The van der Waals surface area contributed by atoms with Crippen molar-refractivity contribution in [2.75, 3.05) is 4.90 Å². The first-order valence-corrected chi connectivity index (χ1v) is 8.70. The fourth-order valence-electron chi connectivity index (χ4n) is 3.26. The lowest BCUT2D eigenvalue weighted by atomic mass is 10.2. The lowest BCUT2D eigenvalue weighted by Gasteiger charge is -2.31. The number of halogens is 4. The van der Waals surface area contributed by atoms with Crippen LogP contribution < -0.4 is 4.90 Å². The number of imidazole rings is 1. The average molecular weight is 388 g/mol. The average Bonchev–Trinajstić information content (AvgIpc) is 3.05. The Morgan fingerprint density at radius 1 is 1.07 bits per heavy atom. The molecule has 0 spiro atoms. The molecule has 4 nitrogen and oxygen atoms in total. The molecule has 0 bridgehead atoms. The standard InChI is InChI=1S/C20H16F4N4/c1-2-18-26-16-9-6-14(21)12-17(16)28(18)19-25-10-3-11-27(19)15-7-4-13(5-8-15)20(22,23)24/h3-12,19H,2H2,1H3. The van der Waals surface area contributed by atoms with Gasteiger partial charge in [-0.1, -0.05) is 6.92 Å². The number of fused-ring (bicyclic) bond motifs is 1. The van der Waals surface area contributed by atoms with Crippen LogP contribution in [0.4, 0.5) is 23.2 Å². The van der Waals surface area contributed by atoms with Crippen LogP contribution in [0.1, 0.15) is 24.6 Å². The van der Waals surface area contributed by atoms with Gasteiger partial charge in [-0.3, -0.25) is 4.57 Å². The van der Waals surface area contributed by atoms with Gasteiger partial charge < -0.3 is 4.90 Å². The van der Waals surface area contributed by atoms with E-state index in [1.165, 1.54) is 24.3 Å². The quantitative estimate of drug-likeness (QED) is 0.569. The first-order chi connectivity index (χ1) is 13.4. The number of hydrogen-bond acceptors (Lipinski definition) is 3. The van der Waals surface area contributed by atoms with E-state index >= 15 is 0 Å². The van der Waals surface area contributed by atoms with Crippen molar-refractivity contribution in [2.24, 2.45) is 4.99 Å². The van der Waals surface area contributed by atoms with Gasteiger partial charge in [0.1, 0.15) is 11.6 Å². The topological polar surface area (TPSA) is 33.4 Å². The molecule has 8 heteroatoms. The molecule has 0 radical (unpaired) electrons. The number of allylic oxidation sites excluding steroid dienone is 1. The van der Waals surface area contributed by atoms with E-state index in [0.717, 1.165) is 12.1 Å². The van der Waals surface area contributed by atoms with Gasteiger partial charge in [-0.2, -0.15) is 13.2 Å². The molecule has 0 saturated carbocycles. The van der Waals surface area contributed by atoms with Gasteiger partial charge in [-0.25, -0.2) is 14.4 Å². The maximum Gasteiger partial charge on any atom is 0.416 e. The number of aromatic nitrogens is 2. The van der Waals surface area contributed by atoms with Crippen molar-refractivity contribution in [2.45, 2.75) is 25.8 Å². The van der Waals surface area contributed by atoms with Crippen molar-refractivity contribution in [3.05, 3.63) is 71.9 Å². The van der Waals surface area contributed by atoms with Gasteiger partial charge in [-0.05, 0) is 48.5 Å². The third kappa shape index (κ3) is 3.15. The molecule has 2 aromatic carbocycles. The largest absolute Gasteiger partial charge is 0.416 e. The van der Waals surface area contributed by atoms with Crippen LogP contribution in [0.5, 0.6) is 0 Å². The van der Waals surface area contributed by atoms with Gasteiger partial charge >= 0.3 is 6.18 Å². The molecule has 3 aromatic rings. The van der Waals surface area contributed by atoms with Crippen molar-refractivity contribution in [1.82, 2.24) is 9.55 Å². The molecule has 1 aliphatic rings. The molecule has 28 heavy (non-hydrogen) atoms. The van der Waals surface area contributed by atoms with E-state index in [1.54, 1.807) is 34.0 Å². The molecule has 1 aromatic heterocycles. The van der Waals surface area contributed by atoms with E-state index in [1.807, 2.05) is 6.92 Å². The Hall–Kier alpha value is -3.16. The van der Waals surface area contributed by atoms with Gasteiger partial charge in [-0.15, -0.1) is 0 Å². The van der Waals surface area contributed by atoms with E-state index < -0.39 is 23.8 Å². The molecule has 0 aliphatic carbocycles. The molecule has 0 saturated heterocycles. The fourth-order valence-corrected chi connectivity index (χ4v) is 3.26. The SMILES string of the molecule is CCc1nc2ccc(F)cc2n1C1N=CC=CN1c1ccc(C(F)(F)F)cc1. The van der Waals surface area contributed by atoms with Crippen molar-refractivity contribution >= 4 is 22.9 Å². The summed E-state index contributed by atoms with van der Waals surface area (Å²) in [6.45, 7) is 1.93. The Morgan fingerprint density at radius 2 is 1.82 bits per heavy atom. The summed E-state index contributed by atoms with van der Waals surface area (Å²) in [6, 6.07) is 9.19. The zero-order valence-electron chi connectivity index (χ0n) is 14.9. The van der Waals surface area contributed by atoms with Crippen LogP contribution in [0, 0.1) is 5.82 Å². The number of nitrogens with zero attached hydrogens (tertiary/aromatic N) is 4. The van der Waals surface area contributed by atoms with Gasteiger partial charge in [0.2, 0.25) is 6.29 Å². The second kappa shape index (κ2) is 6.78. The predicted molar refractivity (Wildman–Crippen MR) is 99.7 cm³/mol. The third-order valence-corrected chi connectivity index (χ3v) is 4.57. The highest BCUT2D eigenvalue weighted by molar-refractivity contribution is 5.78. The van der Waals surface area contributed by atoms with Crippen molar-refractivity contribution in [3.8, 4) is 0 Å². The maximum atomic E-state index is 13.9. The Bertz CT molecular complexity index is 1060. The van der Waals surface area contributed by atoms with Crippen LogP contribution in [0.25, 0.3) is 11.0 Å². The third-order valence-electron chi connectivity index (χ3n) is 4.57. The molecule has 1 aliphatic heterocycles. The summed E-state index contributed by atoms with van der Waals surface area (Å²) >= 11 is 0. The molecule has 2 heterocycles. The van der Waals surface area contributed by atoms with Crippen molar-refractivity contribution in [1.29, 1.82) is 0 Å². The predicted octanol–water partition coefficient (Wildman–Crippen LogP) is 5.32. The van der Waals surface area contributed by atoms with Crippen LogP contribution in [-0.4, -0.2) is 15.8 Å². The molecule has 0 N–H and O–H groups in total. The minimum atomic E-state index is -4.40. The highest BCUT2D eigenvalue weighted by Crippen LogP contribution is 2.34. The molecule has 1 unspecified atom stereocenters. The Morgan fingerprint density at radius 3 is 2.50 bits per heavy atom. The summed E-state index contributed by atoms with van der Waals surface area (Å²) in [5, 5.41) is 0. The molecule has 4 rings (SSSR count). The normalized spacial score (nSPS) is 16.9. The molecule has 144 valence electrons. The second-order valence-corrected chi connectivity index (χ2v) is 6.32. The Labute approximate surface area is 158 Å². The van der Waals surface area contributed by atoms with Crippen molar-refractivity contribution in [3.63, 3.8) is 0 Å². The smallest absolute Gasteiger partial charge is 0.308 e. The number of alkyl halides is 3. The summed E-state index contributed by atoms with van der Waals surface area (Å²) in [7, 11) is 0. The number of aliphatic imine (C=N–C) groups is 1. The van der Waals surface area contributed by atoms with Crippen LogP contribution in [-0.2, 0) is 12.6 Å². The van der Waals surface area contributed by atoms with Gasteiger partial charge in [0, 0.05) is 24.5 Å². The Kier molecular flexibility index (Phi) is 4.41. The lowest BCUT2D eigenvalue weighted by molar-refractivity contribution is -0.137. The first kappa shape index (κ1) is 18.2. The van der Waals surface area contributed by atoms with E-state index in [-0.39, 0.29) is 0 Å². The minimum absolute atomic E-state index is 0.396. The van der Waals surface area contributed by atoms with E-state index in [4.69, 9.17) is 0 Å². The highest BCUT2D eigenvalue weighted by Gasteiger charge is 2.31. The first-order valence-electron chi connectivity index (χ1n) is 8.70. The van der Waals surface area contributed by atoms with E-state index in [9.17, 15) is 17.6 Å². The minimum Gasteiger partial charge on any atom is -0.308 e. The number of rotatable bonds is 3. The monoisotopic (exact) mass is 388 g/mol. The summed E-state index contributed by atoms with van der Waals surface area (Å²) in [5.41, 5.74) is 1.02. The summed E-state index contributed by atoms with van der Waals surface area (Å²) in [6.07, 6.45) is 0.595. The Balaban J connectivity index is 1.81. The molecule has 0 fully saturated rings.